The first kappa shape index (κ1) is 19.6. The fourth-order valence-electron chi connectivity index (χ4n) is 2.71. The van der Waals surface area contributed by atoms with Gasteiger partial charge >= 0.3 is 0 Å². The molecular weight excluding hydrogens is 366 g/mol. The molecule has 3 rings (SSSR count). The van der Waals surface area contributed by atoms with Crippen molar-refractivity contribution < 1.29 is 18.1 Å². The molecule has 3 aromatic rings. The number of nitrogens with one attached hydrogen (secondary N) is 1. The average Bonchev–Trinajstić information content (AvgIpc) is 3.15. The van der Waals surface area contributed by atoms with Crippen LogP contribution in [0.4, 0.5) is 8.78 Å². The lowest BCUT2D eigenvalue weighted by Gasteiger charge is -2.18. The van der Waals surface area contributed by atoms with Crippen molar-refractivity contribution in [3.63, 3.8) is 0 Å². The van der Waals surface area contributed by atoms with E-state index < -0.39 is 29.1 Å². The Bertz CT molecular complexity index is 950. The minimum absolute atomic E-state index is 0.151. The fourth-order valence-corrected chi connectivity index (χ4v) is 2.71. The summed E-state index contributed by atoms with van der Waals surface area (Å²) in [4.78, 5) is 16.8. The van der Waals surface area contributed by atoms with Crippen LogP contribution >= 0.6 is 0 Å². The molecule has 3 N–H and O–H groups in total. The largest absolute Gasteiger partial charge is 0.340 e. The summed E-state index contributed by atoms with van der Waals surface area (Å²) in [5, 5.41) is 6.53. The quantitative estimate of drug-likeness (QED) is 0.675. The molecule has 0 saturated carbocycles. The molecule has 0 radical (unpaired) electrons. The number of nitrogens with two attached hydrogens (primary N) is 1. The monoisotopic (exact) mass is 386 g/mol. The highest BCUT2D eigenvalue weighted by molar-refractivity contribution is 5.95. The standard InChI is InChI=1S/C20H20F2N4O2/c1-11(2)17(24-19(27)16-14(21)4-3-5-15(16)22)20-25-18(26-28-20)13-8-6-12(10-23)7-9-13/h3-9,11,17H,10,23H2,1-2H3,(H,24,27). The molecule has 0 spiro atoms. The lowest BCUT2D eigenvalue weighted by Crippen LogP contribution is -2.33. The lowest BCUT2D eigenvalue weighted by atomic mass is 10.0. The van der Waals surface area contributed by atoms with Crippen LogP contribution in [0.25, 0.3) is 11.4 Å². The van der Waals surface area contributed by atoms with Gasteiger partial charge in [0.25, 0.3) is 5.91 Å². The Hall–Kier alpha value is -3.13. The minimum Gasteiger partial charge on any atom is -0.340 e. The lowest BCUT2D eigenvalue weighted by molar-refractivity contribution is 0.0905. The first-order valence-electron chi connectivity index (χ1n) is 8.78. The average molecular weight is 386 g/mol. The van der Waals surface area contributed by atoms with Gasteiger partial charge in [0.15, 0.2) is 0 Å². The zero-order valence-corrected chi connectivity index (χ0v) is 15.4. The molecule has 1 aromatic heterocycles. The van der Waals surface area contributed by atoms with E-state index in [4.69, 9.17) is 10.3 Å². The number of aromatic nitrogens is 2. The van der Waals surface area contributed by atoms with Crippen LogP contribution in [0.5, 0.6) is 0 Å². The van der Waals surface area contributed by atoms with Crippen LogP contribution in [-0.4, -0.2) is 16.0 Å². The van der Waals surface area contributed by atoms with Gasteiger partial charge in [-0.15, -0.1) is 0 Å². The van der Waals surface area contributed by atoms with Crippen molar-refractivity contribution in [2.75, 3.05) is 0 Å². The van der Waals surface area contributed by atoms with E-state index in [-0.39, 0.29) is 11.8 Å². The third kappa shape index (κ3) is 4.07. The molecule has 0 aliphatic rings. The zero-order chi connectivity index (χ0) is 20.3. The zero-order valence-electron chi connectivity index (χ0n) is 15.4. The molecule has 6 nitrogen and oxygen atoms in total. The van der Waals surface area contributed by atoms with Gasteiger partial charge < -0.3 is 15.6 Å². The first-order valence-corrected chi connectivity index (χ1v) is 8.78. The molecule has 0 aliphatic carbocycles. The summed E-state index contributed by atoms with van der Waals surface area (Å²) < 4.78 is 33.1. The van der Waals surface area contributed by atoms with Crippen molar-refractivity contribution >= 4 is 5.91 Å². The van der Waals surface area contributed by atoms with Crippen molar-refractivity contribution in [1.82, 2.24) is 15.5 Å². The number of hydrogen-bond donors (Lipinski definition) is 2. The number of hydrogen-bond acceptors (Lipinski definition) is 5. The van der Waals surface area contributed by atoms with E-state index in [0.717, 1.165) is 23.3 Å². The van der Waals surface area contributed by atoms with Crippen molar-refractivity contribution in [2.45, 2.75) is 26.4 Å². The summed E-state index contributed by atoms with van der Waals surface area (Å²) in [5.74, 6) is -2.43. The second-order valence-corrected chi connectivity index (χ2v) is 6.65. The molecule has 0 saturated heterocycles. The maximum atomic E-state index is 13.9. The van der Waals surface area contributed by atoms with Crippen LogP contribution in [0.1, 0.15) is 41.7 Å². The third-order valence-corrected chi connectivity index (χ3v) is 4.30. The normalized spacial score (nSPS) is 12.2. The van der Waals surface area contributed by atoms with Gasteiger partial charge in [0.05, 0.1) is 0 Å². The number of nitrogens with zero attached hydrogens (tertiary/aromatic N) is 2. The van der Waals surface area contributed by atoms with E-state index in [9.17, 15) is 13.6 Å². The van der Waals surface area contributed by atoms with Gasteiger partial charge in [-0.2, -0.15) is 4.98 Å². The van der Waals surface area contributed by atoms with E-state index in [1.165, 1.54) is 6.07 Å². The number of carbonyl (C=O) groups is 1. The van der Waals surface area contributed by atoms with Gasteiger partial charge in [-0.1, -0.05) is 49.3 Å². The Labute approximate surface area is 160 Å². The summed E-state index contributed by atoms with van der Waals surface area (Å²) in [6, 6.07) is 9.87. The Morgan fingerprint density at radius 1 is 1.14 bits per heavy atom. The number of benzene rings is 2. The highest BCUT2D eigenvalue weighted by Crippen LogP contribution is 2.25. The van der Waals surface area contributed by atoms with Crippen molar-refractivity contribution in [3.8, 4) is 11.4 Å². The Balaban J connectivity index is 1.85. The molecule has 1 atom stereocenters. The van der Waals surface area contributed by atoms with Crippen LogP contribution < -0.4 is 11.1 Å². The van der Waals surface area contributed by atoms with E-state index in [1.54, 1.807) is 0 Å². The van der Waals surface area contributed by atoms with Crippen molar-refractivity contribution in [1.29, 1.82) is 0 Å². The van der Waals surface area contributed by atoms with Crippen molar-refractivity contribution in [3.05, 3.63) is 71.1 Å². The molecule has 8 heteroatoms. The summed E-state index contributed by atoms with van der Waals surface area (Å²) in [6.45, 7) is 4.07. The summed E-state index contributed by atoms with van der Waals surface area (Å²) in [5.41, 5.74) is 6.63. The van der Waals surface area contributed by atoms with Gasteiger partial charge in [-0.3, -0.25) is 4.79 Å². The molecule has 2 aromatic carbocycles. The molecule has 28 heavy (non-hydrogen) atoms. The maximum Gasteiger partial charge on any atom is 0.257 e. The highest BCUT2D eigenvalue weighted by Gasteiger charge is 2.27. The number of halogens is 2. The van der Waals surface area contributed by atoms with Crippen LogP contribution in [-0.2, 0) is 6.54 Å². The second kappa shape index (κ2) is 8.26. The Morgan fingerprint density at radius 3 is 2.36 bits per heavy atom. The van der Waals surface area contributed by atoms with Gasteiger partial charge in [-0.25, -0.2) is 8.78 Å². The van der Waals surface area contributed by atoms with Gasteiger partial charge in [0.1, 0.15) is 23.2 Å². The topological polar surface area (TPSA) is 94.0 Å². The molecule has 1 heterocycles. The SMILES string of the molecule is CC(C)C(NC(=O)c1c(F)cccc1F)c1nc(-c2ccc(CN)cc2)no1. The van der Waals surface area contributed by atoms with Crippen molar-refractivity contribution in [2.24, 2.45) is 11.7 Å². The fraction of sp³-hybridized carbons (Fsp3) is 0.250. The van der Waals surface area contributed by atoms with Crippen LogP contribution in [0.15, 0.2) is 47.0 Å². The number of amides is 1. The molecule has 0 fully saturated rings. The van der Waals surface area contributed by atoms with E-state index in [0.29, 0.717) is 12.4 Å². The van der Waals surface area contributed by atoms with Crippen LogP contribution in [0.3, 0.4) is 0 Å². The summed E-state index contributed by atoms with van der Waals surface area (Å²) >= 11 is 0. The molecule has 0 aliphatic heterocycles. The van der Waals surface area contributed by atoms with Gasteiger partial charge in [0, 0.05) is 12.1 Å². The third-order valence-electron chi connectivity index (χ3n) is 4.30. The van der Waals surface area contributed by atoms with Crippen LogP contribution in [0, 0.1) is 17.6 Å². The summed E-state index contributed by atoms with van der Waals surface area (Å²) in [7, 11) is 0. The Morgan fingerprint density at radius 2 is 1.79 bits per heavy atom. The van der Waals surface area contributed by atoms with Crippen LogP contribution in [0.2, 0.25) is 0 Å². The van der Waals surface area contributed by atoms with E-state index in [2.05, 4.69) is 15.5 Å². The Kier molecular flexibility index (Phi) is 5.79. The highest BCUT2D eigenvalue weighted by atomic mass is 19.1. The smallest absolute Gasteiger partial charge is 0.257 e. The summed E-state index contributed by atoms with van der Waals surface area (Å²) in [6.07, 6.45) is 0. The van der Waals surface area contributed by atoms with Gasteiger partial charge in [-0.05, 0) is 23.6 Å². The minimum atomic E-state index is -0.939. The first-order chi connectivity index (χ1) is 13.4. The van der Waals surface area contributed by atoms with E-state index in [1.807, 2.05) is 38.1 Å². The maximum absolute atomic E-state index is 13.9. The molecule has 1 unspecified atom stereocenters. The second-order valence-electron chi connectivity index (χ2n) is 6.65. The molecule has 0 bridgehead atoms. The number of rotatable bonds is 6. The number of carbonyl (C=O) groups excluding carboxylic acids is 1. The van der Waals surface area contributed by atoms with Gasteiger partial charge in [0.2, 0.25) is 11.7 Å². The van der Waals surface area contributed by atoms with E-state index >= 15 is 0 Å². The molecule has 146 valence electrons. The molecular formula is C20H20F2N4O2. The molecule has 1 amide bonds. The predicted molar refractivity (Wildman–Crippen MR) is 99.0 cm³/mol. The predicted octanol–water partition coefficient (Wildman–Crippen LogP) is 3.60.